The Morgan fingerprint density at radius 3 is 3.00 bits per heavy atom. The number of aliphatic hydroxyl groups is 2. The zero-order valence-corrected chi connectivity index (χ0v) is 8.41. The van der Waals surface area contributed by atoms with E-state index in [1.165, 1.54) is 0 Å². The van der Waals surface area contributed by atoms with E-state index < -0.39 is 12.2 Å². The van der Waals surface area contributed by atoms with Crippen LogP contribution in [0.25, 0.3) is 0 Å². The van der Waals surface area contributed by atoms with Gasteiger partial charge in [0.25, 0.3) is 0 Å². The quantitative estimate of drug-likeness (QED) is 0.743. The molecule has 0 aliphatic carbocycles. The van der Waals surface area contributed by atoms with Crippen molar-refractivity contribution in [1.82, 2.24) is 4.98 Å². The number of ether oxygens (including phenoxy) is 1. The van der Waals surface area contributed by atoms with Crippen molar-refractivity contribution in [3.05, 3.63) is 30.1 Å². The molecule has 0 spiro atoms. The number of hydrogen-bond donors (Lipinski definition) is 2. The molecule has 0 radical (unpaired) electrons. The highest BCUT2D eigenvalue weighted by Crippen LogP contribution is 2.22. The summed E-state index contributed by atoms with van der Waals surface area (Å²) in [5.41, 5.74) is 1.09. The van der Waals surface area contributed by atoms with Crippen molar-refractivity contribution >= 4 is 0 Å². The number of aromatic nitrogens is 1. The maximum atomic E-state index is 9.54. The fourth-order valence-electron chi connectivity index (χ4n) is 1.89. The second-order valence-corrected chi connectivity index (χ2v) is 3.85. The number of pyridine rings is 1. The molecule has 1 aliphatic heterocycles. The maximum absolute atomic E-state index is 9.54. The van der Waals surface area contributed by atoms with Crippen LogP contribution in [-0.4, -0.2) is 40.1 Å². The van der Waals surface area contributed by atoms with Crippen molar-refractivity contribution in [2.75, 3.05) is 6.61 Å². The number of nitrogens with zero attached hydrogens (tertiary/aromatic N) is 1. The van der Waals surface area contributed by atoms with Crippen molar-refractivity contribution in [1.29, 1.82) is 0 Å². The molecule has 82 valence electrons. The summed E-state index contributed by atoms with van der Waals surface area (Å²) in [6, 6.07) is 3.86. The molecule has 4 heteroatoms. The van der Waals surface area contributed by atoms with E-state index in [9.17, 15) is 5.11 Å². The standard InChI is InChI=1S/C11H15NO3/c13-7-11-10(14)5-9(15-11)4-8-2-1-3-12-6-8/h1-3,6,9-11,13-14H,4-5,7H2/t9-,10?,11+/m0/s1. The summed E-state index contributed by atoms with van der Waals surface area (Å²) in [7, 11) is 0. The molecule has 1 aliphatic rings. The smallest absolute Gasteiger partial charge is 0.107 e. The third-order valence-corrected chi connectivity index (χ3v) is 2.67. The third kappa shape index (κ3) is 2.53. The van der Waals surface area contributed by atoms with E-state index in [0.29, 0.717) is 6.42 Å². The maximum Gasteiger partial charge on any atom is 0.107 e. The van der Waals surface area contributed by atoms with Crippen molar-refractivity contribution in [2.24, 2.45) is 0 Å². The average molecular weight is 209 g/mol. The lowest BCUT2D eigenvalue weighted by Crippen LogP contribution is -2.24. The first-order valence-electron chi connectivity index (χ1n) is 5.13. The van der Waals surface area contributed by atoms with Crippen molar-refractivity contribution in [2.45, 2.75) is 31.2 Å². The summed E-state index contributed by atoms with van der Waals surface area (Å²) in [6.45, 7) is -0.120. The number of rotatable bonds is 3. The van der Waals surface area contributed by atoms with Gasteiger partial charge in [-0.05, 0) is 11.6 Å². The van der Waals surface area contributed by atoms with Gasteiger partial charge in [0, 0.05) is 25.2 Å². The van der Waals surface area contributed by atoms with Crippen LogP contribution in [0.3, 0.4) is 0 Å². The minimum atomic E-state index is -0.545. The van der Waals surface area contributed by atoms with E-state index in [2.05, 4.69) is 4.98 Å². The molecule has 3 atom stereocenters. The first-order chi connectivity index (χ1) is 7.29. The molecule has 1 unspecified atom stereocenters. The zero-order valence-electron chi connectivity index (χ0n) is 8.41. The van der Waals surface area contributed by atoms with Crippen LogP contribution in [0, 0.1) is 0 Å². The van der Waals surface area contributed by atoms with Gasteiger partial charge in [0.05, 0.1) is 18.8 Å². The van der Waals surface area contributed by atoms with Gasteiger partial charge in [0.1, 0.15) is 6.10 Å². The Morgan fingerprint density at radius 2 is 2.40 bits per heavy atom. The van der Waals surface area contributed by atoms with Crippen molar-refractivity contribution in [3.63, 3.8) is 0 Å². The molecule has 1 fully saturated rings. The Bertz CT molecular complexity index is 304. The first-order valence-corrected chi connectivity index (χ1v) is 5.13. The SMILES string of the molecule is OC[C@H]1O[C@@H](Cc2cccnc2)CC1O. The summed E-state index contributed by atoms with van der Waals surface area (Å²) < 4.78 is 5.50. The van der Waals surface area contributed by atoms with Gasteiger partial charge in [-0.25, -0.2) is 0 Å². The van der Waals surface area contributed by atoms with E-state index in [1.807, 2.05) is 12.1 Å². The Hall–Kier alpha value is -0.970. The highest BCUT2D eigenvalue weighted by molar-refractivity contribution is 5.10. The molecule has 4 nitrogen and oxygen atoms in total. The first kappa shape index (κ1) is 10.5. The Morgan fingerprint density at radius 1 is 1.53 bits per heavy atom. The number of aliphatic hydroxyl groups excluding tert-OH is 2. The minimum Gasteiger partial charge on any atom is -0.394 e. The van der Waals surface area contributed by atoms with E-state index in [0.717, 1.165) is 12.0 Å². The largest absolute Gasteiger partial charge is 0.394 e. The highest BCUT2D eigenvalue weighted by Gasteiger charge is 2.33. The molecule has 1 saturated heterocycles. The third-order valence-electron chi connectivity index (χ3n) is 2.67. The van der Waals surface area contributed by atoms with E-state index in [-0.39, 0.29) is 12.7 Å². The molecule has 0 aromatic carbocycles. The summed E-state index contributed by atoms with van der Waals surface area (Å²) >= 11 is 0. The van der Waals surface area contributed by atoms with Gasteiger partial charge in [0.15, 0.2) is 0 Å². The van der Waals surface area contributed by atoms with Crippen LogP contribution in [-0.2, 0) is 11.2 Å². The van der Waals surface area contributed by atoms with Crippen molar-refractivity contribution < 1.29 is 14.9 Å². The minimum absolute atomic E-state index is 0.0126. The predicted molar refractivity (Wildman–Crippen MR) is 54.3 cm³/mol. The van der Waals surface area contributed by atoms with Crippen LogP contribution in [0.2, 0.25) is 0 Å². The topological polar surface area (TPSA) is 62.6 Å². The van der Waals surface area contributed by atoms with Gasteiger partial charge in [-0.2, -0.15) is 0 Å². The lowest BCUT2D eigenvalue weighted by atomic mass is 10.1. The summed E-state index contributed by atoms with van der Waals surface area (Å²) in [5, 5.41) is 18.5. The molecule has 0 bridgehead atoms. The van der Waals surface area contributed by atoms with Crippen LogP contribution in [0.5, 0.6) is 0 Å². The van der Waals surface area contributed by atoms with Gasteiger partial charge in [-0.1, -0.05) is 6.07 Å². The van der Waals surface area contributed by atoms with Gasteiger partial charge in [0.2, 0.25) is 0 Å². The van der Waals surface area contributed by atoms with Gasteiger partial charge < -0.3 is 14.9 Å². The fraction of sp³-hybridized carbons (Fsp3) is 0.545. The molecule has 15 heavy (non-hydrogen) atoms. The van der Waals surface area contributed by atoms with E-state index in [4.69, 9.17) is 9.84 Å². The van der Waals surface area contributed by atoms with Crippen LogP contribution < -0.4 is 0 Å². The molecule has 2 N–H and O–H groups in total. The fourth-order valence-corrected chi connectivity index (χ4v) is 1.89. The van der Waals surface area contributed by atoms with Crippen LogP contribution in [0.4, 0.5) is 0 Å². The summed E-state index contributed by atoms with van der Waals surface area (Å²) in [5.74, 6) is 0. The van der Waals surface area contributed by atoms with Gasteiger partial charge >= 0.3 is 0 Å². The Labute approximate surface area is 88.5 Å². The van der Waals surface area contributed by atoms with Gasteiger partial charge in [-0.3, -0.25) is 4.98 Å². The zero-order chi connectivity index (χ0) is 10.7. The molecule has 0 saturated carbocycles. The average Bonchev–Trinajstić information content (AvgIpc) is 2.60. The van der Waals surface area contributed by atoms with Crippen LogP contribution >= 0.6 is 0 Å². The second-order valence-electron chi connectivity index (χ2n) is 3.85. The van der Waals surface area contributed by atoms with E-state index in [1.54, 1.807) is 12.4 Å². The van der Waals surface area contributed by atoms with E-state index >= 15 is 0 Å². The molecule has 1 aromatic heterocycles. The molecule has 2 heterocycles. The monoisotopic (exact) mass is 209 g/mol. The van der Waals surface area contributed by atoms with Gasteiger partial charge in [-0.15, -0.1) is 0 Å². The lowest BCUT2D eigenvalue weighted by Gasteiger charge is -2.11. The Balaban J connectivity index is 1.92. The highest BCUT2D eigenvalue weighted by atomic mass is 16.5. The molecular weight excluding hydrogens is 194 g/mol. The lowest BCUT2D eigenvalue weighted by molar-refractivity contribution is -0.0214. The summed E-state index contributed by atoms with van der Waals surface area (Å²) in [6.07, 6.45) is 3.86. The summed E-state index contributed by atoms with van der Waals surface area (Å²) in [4.78, 5) is 4.02. The van der Waals surface area contributed by atoms with Crippen LogP contribution in [0.15, 0.2) is 24.5 Å². The molecule has 2 rings (SSSR count). The predicted octanol–water partition coefficient (Wildman–Crippen LogP) is 0.135. The molecule has 1 aromatic rings. The molecular formula is C11H15NO3. The second kappa shape index (κ2) is 4.70. The van der Waals surface area contributed by atoms with Crippen LogP contribution in [0.1, 0.15) is 12.0 Å². The number of hydrogen-bond acceptors (Lipinski definition) is 4. The normalized spacial score (nSPS) is 30.7. The molecule has 0 amide bonds. The Kier molecular flexibility index (Phi) is 3.30. The van der Waals surface area contributed by atoms with Crippen molar-refractivity contribution in [3.8, 4) is 0 Å².